The Morgan fingerprint density at radius 2 is 1.48 bits per heavy atom. The summed E-state index contributed by atoms with van der Waals surface area (Å²) in [5.74, 6) is -0.0595. The van der Waals surface area contributed by atoms with Crippen LogP contribution in [0.25, 0.3) is 11.1 Å². The van der Waals surface area contributed by atoms with Crippen LogP contribution in [-0.4, -0.2) is 12.5 Å². The molecular formula is C30H31F6NO2S. The first-order chi connectivity index (χ1) is 18.9. The van der Waals surface area contributed by atoms with Gasteiger partial charge in [-0.15, -0.1) is 12.6 Å². The normalized spacial score (nSPS) is 11.9. The molecule has 0 unspecified atom stereocenters. The summed E-state index contributed by atoms with van der Waals surface area (Å²) in [7, 11) is 0. The highest BCUT2D eigenvalue weighted by atomic mass is 32.1. The van der Waals surface area contributed by atoms with Crippen molar-refractivity contribution in [3.05, 3.63) is 77.4 Å². The third kappa shape index (κ3) is 8.68. The monoisotopic (exact) mass is 583 g/mol. The number of unbranched alkanes of at least 4 members (excludes halogenated alkanes) is 6. The van der Waals surface area contributed by atoms with Crippen molar-refractivity contribution in [2.75, 3.05) is 11.9 Å². The van der Waals surface area contributed by atoms with Gasteiger partial charge in [0.1, 0.15) is 5.75 Å². The van der Waals surface area contributed by atoms with Crippen LogP contribution in [0, 0.1) is 0 Å². The summed E-state index contributed by atoms with van der Waals surface area (Å²) in [5.41, 5.74) is -2.58. The molecule has 0 radical (unpaired) electrons. The van der Waals surface area contributed by atoms with Gasteiger partial charge in [0.2, 0.25) is 0 Å². The minimum atomic E-state index is -4.85. The lowest BCUT2D eigenvalue weighted by Gasteiger charge is -2.16. The van der Waals surface area contributed by atoms with Crippen LogP contribution in [-0.2, 0) is 12.4 Å². The molecule has 0 bridgehead atoms. The molecule has 216 valence electrons. The van der Waals surface area contributed by atoms with Crippen molar-refractivity contribution in [1.82, 2.24) is 0 Å². The number of hydrogen-bond acceptors (Lipinski definition) is 3. The quantitative estimate of drug-likeness (QED) is 0.127. The molecule has 3 aromatic rings. The first-order valence-electron chi connectivity index (χ1n) is 13.1. The summed E-state index contributed by atoms with van der Waals surface area (Å²) in [6.07, 6.45) is -1.70. The van der Waals surface area contributed by atoms with Crippen molar-refractivity contribution >= 4 is 24.2 Å². The number of carbonyl (C=O) groups is 1. The fraction of sp³-hybridized carbons (Fsp3) is 0.367. The summed E-state index contributed by atoms with van der Waals surface area (Å²) in [5, 5.41) is 2.64. The Balaban J connectivity index is 1.68. The number of amides is 1. The highest BCUT2D eigenvalue weighted by molar-refractivity contribution is 7.80. The highest BCUT2D eigenvalue weighted by Crippen LogP contribution is 2.41. The number of rotatable bonds is 12. The van der Waals surface area contributed by atoms with Gasteiger partial charge in [-0.3, -0.25) is 4.79 Å². The van der Waals surface area contributed by atoms with E-state index in [1.807, 2.05) is 0 Å². The molecule has 0 saturated carbocycles. The molecule has 3 nitrogen and oxygen atoms in total. The molecule has 0 atom stereocenters. The molecule has 1 N–H and O–H groups in total. The van der Waals surface area contributed by atoms with Crippen molar-refractivity contribution < 1.29 is 35.9 Å². The summed E-state index contributed by atoms with van der Waals surface area (Å²) >= 11 is 4.45. The molecular weight excluding hydrogens is 552 g/mol. The van der Waals surface area contributed by atoms with Gasteiger partial charge in [-0.1, -0.05) is 63.6 Å². The number of thiol groups is 1. The van der Waals surface area contributed by atoms with E-state index in [1.54, 1.807) is 18.2 Å². The SMILES string of the molecule is CCCCCCCCCOc1cccc(C(=O)Nc2ccc(-c3cc(C(F)(F)F)ccc3C(F)(F)F)cc2)c1S. The Bertz CT molecular complexity index is 1270. The number of ether oxygens (including phenoxy) is 1. The third-order valence-electron chi connectivity index (χ3n) is 6.36. The molecule has 0 aliphatic heterocycles. The van der Waals surface area contributed by atoms with Gasteiger partial charge in [0.25, 0.3) is 5.91 Å². The number of alkyl halides is 6. The zero-order chi connectivity index (χ0) is 29.3. The minimum absolute atomic E-state index is 0.0768. The van der Waals surface area contributed by atoms with Crippen LogP contribution in [0.3, 0.4) is 0 Å². The van der Waals surface area contributed by atoms with E-state index in [9.17, 15) is 31.1 Å². The first-order valence-corrected chi connectivity index (χ1v) is 13.5. The van der Waals surface area contributed by atoms with Crippen LogP contribution in [0.5, 0.6) is 5.75 Å². The lowest BCUT2D eigenvalue weighted by Crippen LogP contribution is -2.13. The van der Waals surface area contributed by atoms with Gasteiger partial charge in [-0.05, 0) is 60.0 Å². The number of halogens is 6. The fourth-order valence-electron chi connectivity index (χ4n) is 4.20. The van der Waals surface area contributed by atoms with Crippen LogP contribution < -0.4 is 10.1 Å². The van der Waals surface area contributed by atoms with Crippen molar-refractivity contribution in [3.8, 4) is 16.9 Å². The van der Waals surface area contributed by atoms with E-state index in [0.717, 1.165) is 19.3 Å². The summed E-state index contributed by atoms with van der Waals surface area (Å²) < 4.78 is 85.7. The molecule has 0 fully saturated rings. The van der Waals surface area contributed by atoms with E-state index in [-0.39, 0.29) is 16.8 Å². The average Bonchev–Trinajstić information content (AvgIpc) is 2.90. The predicted molar refractivity (Wildman–Crippen MR) is 147 cm³/mol. The molecule has 40 heavy (non-hydrogen) atoms. The van der Waals surface area contributed by atoms with Crippen LogP contribution in [0.1, 0.15) is 73.4 Å². The summed E-state index contributed by atoms with van der Waals surface area (Å²) in [6, 6.07) is 11.3. The van der Waals surface area contributed by atoms with Crippen molar-refractivity contribution in [1.29, 1.82) is 0 Å². The van der Waals surface area contributed by atoms with Gasteiger partial charge < -0.3 is 10.1 Å². The Morgan fingerprint density at radius 3 is 2.10 bits per heavy atom. The topological polar surface area (TPSA) is 38.3 Å². The first kappa shape index (κ1) is 31.4. The van der Waals surface area contributed by atoms with Gasteiger partial charge in [0.15, 0.2) is 0 Å². The molecule has 0 heterocycles. The second kappa shape index (κ2) is 14.0. The zero-order valence-corrected chi connectivity index (χ0v) is 22.9. The number of nitrogens with one attached hydrogen (secondary N) is 1. The molecule has 0 spiro atoms. The molecule has 3 rings (SSSR count). The maximum atomic E-state index is 13.5. The van der Waals surface area contributed by atoms with Crippen LogP contribution in [0.2, 0.25) is 0 Å². The number of carbonyl (C=O) groups excluding carboxylic acids is 1. The molecule has 0 aliphatic rings. The molecule has 0 saturated heterocycles. The second-order valence-corrected chi connectivity index (χ2v) is 9.86. The van der Waals surface area contributed by atoms with Crippen molar-refractivity contribution in [2.24, 2.45) is 0 Å². The van der Waals surface area contributed by atoms with E-state index in [1.165, 1.54) is 49.9 Å². The average molecular weight is 584 g/mol. The van der Waals surface area contributed by atoms with Gasteiger partial charge in [0.05, 0.1) is 28.2 Å². The zero-order valence-electron chi connectivity index (χ0n) is 22.0. The van der Waals surface area contributed by atoms with Crippen molar-refractivity contribution in [2.45, 2.75) is 69.1 Å². The van der Waals surface area contributed by atoms with E-state index >= 15 is 0 Å². The van der Waals surface area contributed by atoms with Crippen LogP contribution in [0.4, 0.5) is 32.0 Å². The molecule has 10 heteroatoms. The van der Waals surface area contributed by atoms with E-state index in [2.05, 4.69) is 24.9 Å². The molecule has 0 aliphatic carbocycles. The molecule has 0 aromatic heterocycles. The Hall–Kier alpha value is -3.14. The Labute approximate surface area is 235 Å². The van der Waals surface area contributed by atoms with Gasteiger partial charge in [-0.2, -0.15) is 26.3 Å². The Morgan fingerprint density at radius 1 is 0.825 bits per heavy atom. The standard InChI is InChI=1S/C30H31F6NO2S/c1-2-3-4-5-6-7-8-18-39-26-11-9-10-23(27(26)40)28(38)37-22-15-12-20(13-16-22)24-19-21(29(31,32)33)14-17-25(24)30(34,35)36/h9-17,19,40H,2-8,18H2,1H3,(H,37,38). The Kier molecular flexibility index (Phi) is 11.0. The third-order valence-corrected chi connectivity index (χ3v) is 6.82. The molecule has 1 amide bonds. The highest BCUT2D eigenvalue weighted by Gasteiger charge is 2.37. The van der Waals surface area contributed by atoms with E-state index in [0.29, 0.717) is 35.5 Å². The van der Waals surface area contributed by atoms with Crippen LogP contribution >= 0.6 is 12.6 Å². The van der Waals surface area contributed by atoms with E-state index in [4.69, 9.17) is 4.74 Å². The van der Waals surface area contributed by atoms with Crippen molar-refractivity contribution in [3.63, 3.8) is 0 Å². The number of hydrogen-bond donors (Lipinski definition) is 2. The fourth-order valence-corrected chi connectivity index (χ4v) is 4.52. The van der Waals surface area contributed by atoms with Gasteiger partial charge >= 0.3 is 12.4 Å². The maximum absolute atomic E-state index is 13.5. The number of benzene rings is 3. The van der Waals surface area contributed by atoms with Gasteiger partial charge in [-0.25, -0.2) is 0 Å². The molecule has 3 aromatic carbocycles. The minimum Gasteiger partial charge on any atom is -0.492 e. The van der Waals surface area contributed by atoms with E-state index < -0.39 is 35.0 Å². The lowest BCUT2D eigenvalue weighted by molar-refractivity contribution is -0.141. The van der Waals surface area contributed by atoms with Gasteiger partial charge in [0, 0.05) is 5.69 Å². The van der Waals surface area contributed by atoms with Crippen LogP contribution in [0.15, 0.2) is 65.6 Å². The maximum Gasteiger partial charge on any atom is 0.417 e. The summed E-state index contributed by atoms with van der Waals surface area (Å²) in [6.45, 7) is 2.66. The number of anilines is 1. The predicted octanol–water partition coefficient (Wildman–Crippen LogP) is 10.1. The second-order valence-electron chi connectivity index (χ2n) is 9.41. The smallest absolute Gasteiger partial charge is 0.417 e. The lowest BCUT2D eigenvalue weighted by atomic mass is 9.96. The summed E-state index contributed by atoms with van der Waals surface area (Å²) in [4.78, 5) is 13.2. The largest absolute Gasteiger partial charge is 0.492 e.